The molecule has 1 aromatic carbocycles. The van der Waals surface area contributed by atoms with Gasteiger partial charge in [0.1, 0.15) is 0 Å². The minimum absolute atomic E-state index is 0.0685. The predicted octanol–water partition coefficient (Wildman–Crippen LogP) is 3.48. The second-order valence-electron chi connectivity index (χ2n) is 5.73. The molecular formula is C16H23NO. The fraction of sp³-hybridized carbons (Fsp3) is 0.562. The Morgan fingerprint density at radius 3 is 2.61 bits per heavy atom. The van der Waals surface area contributed by atoms with Gasteiger partial charge in [0.2, 0.25) is 0 Å². The third kappa shape index (κ3) is 2.99. The number of nitrogens with two attached hydrogens (primary N) is 1. The van der Waals surface area contributed by atoms with Crippen molar-refractivity contribution >= 4 is 5.78 Å². The average Bonchev–Trinajstić information content (AvgIpc) is 2.40. The lowest BCUT2D eigenvalue weighted by atomic mass is 9.70. The van der Waals surface area contributed by atoms with Crippen molar-refractivity contribution in [2.45, 2.75) is 45.4 Å². The molecule has 0 amide bonds. The maximum absolute atomic E-state index is 12.4. The number of rotatable bonds is 4. The number of aryl methyl sites for hydroxylation is 1. The zero-order valence-electron chi connectivity index (χ0n) is 11.2. The van der Waals surface area contributed by atoms with Crippen molar-refractivity contribution in [2.75, 3.05) is 6.54 Å². The molecule has 1 saturated carbocycles. The third-order valence-corrected chi connectivity index (χ3v) is 4.22. The summed E-state index contributed by atoms with van der Waals surface area (Å²) in [6, 6.07) is 7.88. The first-order valence-electron chi connectivity index (χ1n) is 6.95. The first kappa shape index (κ1) is 13.3. The zero-order valence-corrected chi connectivity index (χ0v) is 11.2. The number of ketones is 1. The fourth-order valence-corrected chi connectivity index (χ4v) is 3.02. The van der Waals surface area contributed by atoms with Crippen LogP contribution in [0.3, 0.4) is 0 Å². The van der Waals surface area contributed by atoms with Gasteiger partial charge in [0, 0.05) is 12.0 Å². The summed E-state index contributed by atoms with van der Waals surface area (Å²) >= 11 is 0. The second kappa shape index (κ2) is 5.66. The molecule has 0 atom stereocenters. The normalized spacial score (nSPS) is 18.6. The van der Waals surface area contributed by atoms with Gasteiger partial charge in [-0.1, -0.05) is 43.0 Å². The van der Waals surface area contributed by atoms with Gasteiger partial charge < -0.3 is 5.73 Å². The summed E-state index contributed by atoms with van der Waals surface area (Å²) in [7, 11) is 0. The smallest absolute Gasteiger partial charge is 0.163 e. The first-order valence-corrected chi connectivity index (χ1v) is 6.95. The van der Waals surface area contributed by atoms with Crippen molar-refractivity contribution in [1.29, 1.82) is 0 Å². The van der Waals surface area contributed by atoms with Crippen LogP contribution in [0.15, 0.2) is 24.3 Å². The summed E-state index contributed by atoms with van der Waals surface area (Å²) in [6.07, 6.45) is 6.58. The van der Waals surface area contributed by atoms with E-state index < -0.39 is 0 Å². The largest absolute Gasteiger partial charge is 0.330 e. The molecule has 2 nitrogen and oxygen atoms in total. The van der Waals surface area contributed by atoms with Gasteiger partial charge in [-0.2, -0.15) is 0 Å². The van der Waals surface area contributed by atoms with Crippen molar-refractivity contribution in [3.63, 3.8) is 0 Å². The van der Waals surface area contributed by atoms with E-state index in [0.717, 1.165) is 24.0 Å². The van der Waals surface area contributed by atoms with Gasteiger partial charge in [0.05, 0.1) is 0 Å². The molecule has 0 aromatic heterocycles. The molecule has 1 aliphatic rings. The van der Waals surface area contributed by atoms with E-state index in [4.69, 9.17) is 5.73 Å². The summed E-state index contributed by atoms with van der Waals surface area (Å²) in [5.41, 5.74) is 8.00. The van der Waals surface area contributed by atoms with Gasteiger partial charge in [0.25, 0.3) is 0 Å². The first-order chi connectivity index (χ1) is 8.65. The van der Waals surface area contributed by atoms with Crippen LogP contribution in [0.1, 0.15) is 54.4 Å². The molecule has 1 aromatic rings. The molecule has 1 fully saturated rings. The number of hydrogen-bond acceptors (Lipinski definition) is 2. The van der Waals surface area contributed by atoms with Crippen LogP contribution in [0.2, 0.25) is 0 Å². The van der Waals surface area contributed by atoms with E-state index in [1.54, 1.807) is 0 Å². The van der Waals surface area contributed by atoms with Gasteiger partial charge >= 0.3 is 0 Å². The molecule has 1 aliphatic carbocycles. The van der Waals surface area contributed by atoms with Gasteiger partial charge in [-0.15, -0.1) is 0 Å². The molecule has 2 N–H and O–H groups in total. The quantitative estimate of drug-likeness (QED) is 0.825. The molecule has 0 radical (unpaired) electrons. The van der Waals surface area contributed by atoms with Gasteiger partial charge in [0.15, 0.2) is 5.78 Å². The molecule has 0 heterocycles. The van der Waals surface area contributed by atoms with Crippen LogP contribution in [0.4, 0.5) is 0 Å². The summed E-state index contributed by atoms with van der Waals surface area (Å²) < 4.78 is 0. The van der Waals surface area contributed by atoms with Crippen LogP contribution in [0, 0.1) is 12.3 Å². The highest BCUT2D eigenvalue weighted by atomic mass is 16.1. The molecule has 98 valence electrons. The van der Waals surface area contributed by atoms with E-state index in [2.05, 4.69) is 0 Å². The van der Waals surface area contributed by atoms with Crippen LogP contribution in [0.5, 0.6) is 0 Å². The van der Waals surface area contributed by atoms with Crippen LogP contribution in [-0.4, -0.2) is 12.3 Å². The number of carbonyl (C=O) groups excluding carboxylic acids is 1. The molecule has 2 heteroatoms. The van der Waals surface area contributed by atoms with Crippen LogP contribution >= 0.6 is 0 Å². The Hall–Kier alpha value is -1.15. The van der Waals surface area contributed by atoms with E-state index in [-0.39, 0.29) is 11.2 Å². The Labute approximate surface area is 110 Å². The zero-order chi connectivity index (χ0) is 13.0. The summed E-state index contributed by atoms with van der Waals surface area (Å²) in [5.74, 6) is 0.256. The molecule has 0 saturated heterocycles. The van der Waals surface area contributed by atoms with Crippen LogP contribution in [0.25, 0.3) is 0 Å². The number of hydrogen-bond donors (Lipinski definition) is 1. The van der Waals surface area contributed by atoms with Crippen LogP contribution < -0.4 is 5.73 Å². The lowest BCUT2D eigenvalue weighted by Gasteiger charge is -2.35. The minimum Gasteiger partial charge on any atom is -0.330 e. The molecule has 0 aliphatic heterocycles. The maximum Gasteiger partial charge on any atom is 0.163 e. The summed E-state index contributed by atoms with van der Waals surface area (Å²) in [5, 5.41) is 0. The standard InChI is InChI=1S/C16H23NO/c1-13-6-5-7-14(10-13)15(18)11-16(12-17)8-3-2-4-9-16/h5-7,10H,2-4,8-9,11-12,17H2,1H3. The van der Waals surface area contributed by atoms with E-state index in [1.807, 2.05) is 31.2 Å². The maximum atomic E-state index is 12.4. The molecule has 18 heavy (non-hydrogen) atoms. The van der Waals surface area contributed by atoms with Gasteiger partial charge in [-0.25, -0.2) is 0 Å². The third-order valence-electron chi connectivity index (χ3n) is 4.22. The molecule has 2 rings (SSSR count). The highest BCUT2D eigenvalue weighted by Crippen LogP contribution is 2.39. The average molecular weight is 245 g/mol. The molecule has 0 spiro atoms. The second-order valence-corrected chi connectivity index (χ2v) is 5.73. The SMILES string of the molecule is Cc1cccc(C(=O)CC2(CN)CCCCC2)c1. The highest BCUT2D eigenvalue weighted by Gasteiger charge is 2.33. The summed E-state index contributed by atoms with van der Waals surface area (Å²) in [4.78, 5) is 12.4. The predicted molar refractivity (Wildman–Crippen MR) is 74.7 cm³/mol. The number of benzene rings is 1. The topological polar surface area (TPSA) is 43.1 Å². The lowest BCUT2D eigenvalue weighted by Crippen LogP contribution is -2.35. The molecule has 0 bridgehead atoms. The van der Waals surface area contributed by atoms with E-state index in [0.29, 0.717) is 13.0 Å². The molecular weight excluding hydrogens is 222 g/mol. The van der Waals surface area contributed by atoms with Crippen molar-refractivity contribution in [2.24, 2.45) is 11.1 Å². The monoisotopic (exact) mass is 245 g/mol. The van der Waals surface area contributed by atoms with Crippen molar-refractivity contribution < 1.29 is 4.79 Å². The van der Waals surface area contributed by atoms with Crippen molar-refractivity contribution in [1.82, 2.24) is 0 Å². The highest BCUT2D eigenvalue weighted by molar-refractivity contribution is 5.96. The van der Waals surface area contributed by atoms with Crippen molar-refractivity contribution in [3.8, 4) is 0 Å². The van der Waals surface area contributed by atoms with Crippen molar-refractivity contribution in [3.05, 3.63) is 35.4 Å². The van der Waals surface area contributed by atoms with Gasteiger partial charge in [-0.3, -0.25) is 4.79 Å². The van der Waals surface area contributed by atoms with E-state index >= 15 is 0 Å². The Morgan fingerprint density at radius 1 is 1.28 bits per heavy atom. The van der Waals surface area contributed by atoms with Gasteiger partial charge in [-0.05, 0) is 37.8 Å². The fourth-order valence-electron chi connectivity index (χ4n) is 3.02. The van der Waals surface area contributed by atoms with Crippen LogP contribution in [-0.2, 0) is 0 Å². The Morgan fingerprint density at radius 2 is 2.00 bits per heavy atom. The lowest BCUT2D eigenvalue weighted by molar-refractivity contribution is 0.0868. The minimum atomic E-state index is 0.0685. The summed E-state index contributed by atoms with van der Waals surface area (Å²) in [6.45, 7) is 2.67. The van der Waals surface area contributed by atoms with E-state index in [1.165, 1.54) is 19.3 Å². The Kier molecular flexibility index (Phi) is 4.18. The Balaban J connectivity index is 2.10. The number of Topliss-reactive ketones (excluding diaryl/α,β-unsaturated/α-hetero) is 1. The number of carbonyl (C=O) groups is 1. The molecule has 0 unspecified atom stereocenters. The Bertz CT molecular complexity index is 419. The van der Waals surface area contributed by atoms with E-state index in [9.17, 15) is 4.79 Å².